The largest absolute Gasteiger partial charge is 0.479 e. The topological polar surface area (TPSA) is 185 Å². The van der Waals surface area contributed by atoms with Crippen molar-refractivity contribution >= 4 is 57.7 Å². The fourth-order valence-electron chi connectivity index (χ4n) is 2.42. The van der Waals surface area contributed by atoms with Gasteiger partial charge in [-0.05, 0) is 6.08 Å². The lowest BCUT2D eigenvalue weighted by Gasteiger charge is -2.44. The Balaban J connectivity index is 1.79. The fourth-order valence-corrected chi connectivity index (χ4v) is 4.28. The highest BCUT2D eigenvalue weighted by Gasteiger charge is 2.45. The van der Waals surface area contributed by atoms with Gasteiger partial charge >= 0.3 is 11.9 Å². The molecule has 0 aromatic carbocycles. The molecule has 3 heterocycles. The minimum Gasteiger partial charge on any atom is -0.479 e. The summed E-state index contributed by atoms with van der Waals surface area (Å²) < 4.78 is 0. The molecule has 2 aliphatic heterocycles. The van der Waals surface area contributed by atoms with Gasteiger partial charge in [-0.3, -0.25) is 14.5 Å². The number of oxime groups is 1. The number of hydrogen-bond acceptors (Lipinski definition) is 10. The van der Waals surface area contributed by atoms with Gasteiger partial charge in [0.2, 0.25) is 12.5 Å². The van der Waals surface area contributed by atoms with Gasteiger partial charge in [0.15, 0.2) is 10.8 Å². The van der Waals surface area contributed by atoms with Crippen molar-refractivity contribution < 1.29 is 34.2 Å². The number of carboxylic acids is 2. The fraction of sp³-hybridized carbons (Fsp3) is 0.286. The number of carboxylic acid groups (broad SMARTS) is 2. The Kier molecular flexibility index (Phi) is 5.51. The van der Waals surface area contributed by atoms with Crippen molar-refractivity contribution in [3.63, 3.8) is 0 Å². The molecular formula is C14H13N5O7S2. The molecule has 0 saturated carbocycles. The van der Waals surface area contributed by atoms with Gasteiger partial charge in [-0.15, -0.1) is 23.1 Å². The Morgan fingerprint density at radius 1 is 1.43 bits per heavy atom. The number of carbonyl (C=O) groups is 4. The van der Waals surface area contributed by atoms with Crippen LogP contribution in [0.1, 0.15) is 12.1 Å². The third-order valence-electron chi connectivity index (χ3n) is 3.59. The summed E-state index contributed by atoms with van der Waals surface area (Å²) in [6.07, 6.45) is 1.40. The quantitative estimate of drug-likeness (QED) is 0.245. The Morgan fingerprint density at radius 3 is 2.75 bits per heavy atom. The number of thioether (sulfide) groups is 1. The van der Waals surface area contributed by atoms with Crippen molar-refractivity contribution in [3.05, 3.63) is 22.8 Å². The molecule has 12 nitrogen and oxygen atoms in total. The van der Waals surface area contributed by atoms with Crippen LogP contribution in [0.4, 0.5) is 5.13 Å². The third kappa shape index (κ3) is 4.07. The number of aromatic nitrogens is 1. The minimum atomic E-state index is -1.29. The Labute approximate surface area is 165 Å². The van der Waals surface area contributed by atoms with Crippen LogP contribution in [0.15, 0.2) is 22.3 Å². The number of thiazole rings is 1. The van der Waals surface area contributed by atoms with Crippen LogP contribution >= 0.6 is 23.1 Å². The number of hydrogen-bond donors (Lipinski definition) is 4. The number of nitrogen functional groups attached to an aromatic ring is 1. The van der Waals surface area contributed by atoms with Crippen LogP contribution in [0, 0.1) is 0 Å². The molecule has 0 bridgehead atoms. The Hall–Kier alpha value is -3.13. The number of carbonyl (C=O) groups excluding carboxylic acids is 2. The first-order valence-corrected chi connectivity index (χ1v) is 9.45. The molecule has 0 aliphatic carbocycles. The molecule has 1 aromatic rings. The van der Waals surface area contributed by atoms with E-state index in [0.29, 0.717) is 0 Å². The van der Waals surface area contributed by atoms with Crippen LogP contribution in [0.25, 0.3) is 0 Å². The van der Waals surface area contributed by atoms with E-state index in [0.717, 1.165) is 16.2 Å². The summed E-state index contributed by atoms with van der Waals surface area (Å²) in [5, 5.41) is 24.5. The predicted octanol–water partition coefficient (Wildman–Crippen LogP) is -0.753. The Morgan fingerprint density at radius 2 is 2.18 bits per heavy atom. The molecule has 2 aliphatic rings. The molecule has 2 amide bonds. The smallest absolute Gasteiger partial charge is 0.352 e. The highest BCUT2D eigenvalue weighted by atomic mass is 32.2. The summed E-state index contributed by atoms with van der Waals surface area (Å²) in [6, 6.07) is 0. The number of amides is 2. The second kappa shape index (κ2) is 7.85. The van der Waals surface area contributed by atoms with Crippen LogP contribution in [-0.2, 0) is 24.0 Å². The van der Waals surface area contributed by atoms with Crippen molar-refractivity contribution in [2.75, 3.05) is 12.3 Å². The lowest BCUT2D eigenvalue weighted by molar-refractivity contribution is -0.146. The van der Waals surface area contributed by atoms with E-state index in [1.54, 1.807) is 0 Å². The Bertz CT molecular complexity index is 912. The van der Waals surface area contributed by atoms with Crippen molar-refractivity contribution in [1.29, 1.82) is 0 Å². The van der Waals surface area contributed by atoms with Crippen molar-refractivity contribution in [2.45, 2.75) is 17.2 Å². The van der Waals surface area contributed by atoms with E-state index in [4.69, 9.17) is 10.8 Å². The summed E-state index contributed by atoms with van der Waals surface area (Å²) in [5.41, 5.74) is 5.10. The molecule has 5 N–H and O–H groups in total. The number of anilines is 1. The van der Waals surface area contributed by atoms with Crippen LogP contribution in [0.2, 0.25) is 0 Å². The second-order valence-electron chi connectivity index (χ2n) is 5.49. The molecule has 2 atom stereocenters. The summed E-state index contributed by atoms with van der Waals surface area (Å²) in [4.78, 5) is 55.9. The van der Waals surface area contributed by atoms with Gasteiger partial charge in [0.25, 0.3) is 5.91 Å². The van der Waals surface area contributed by atoms with E-state index < -0.39 is 35.2 Å². The first-order valence-electron chi connectivity index (χ1n) is 7.63. The summed E-state index contributed by atoms with van der Waals surface area (Å²) in [6.45, 7) is -0.767. The molecule has 0 spiro atoms. The molecule has 0 radical (unpaired) electrons. The average molecular weight is 427 g/mol. The van der Waals surface area contributed by atoms with Crippen LogP contribution < -0.4 is 11.1 Å². The van der Waals surface area contributed by atoms with Gasteiger partial charge in [0, 0.05) is 5.38 Å². The minimum absolute atomic E-state index is 0.0779. The van der Waals surface area contributed by atoms with Crippen LogP contribution in [0.3, 0.4) is 0 Å². The number of nitrogens with zero attached hydrogens (tertiary/aromatic N) is 3. The summed E-state index contributed by atoms with van der Waals surface area (Å²) in [7, 11) is 0. The maximum absolute atomic E-state index is 12.6. The maximum atomic E-state index is 12.6. The highest BCUT2D eigenvalue weighted by molar-refractivity contribution is 8.00. The summed E-state index contributed by atoms with van der Waals surface area (Å²) in [5.74, 6) is -3.65. The van der Waals surface area contributed by atoms with Gasteiger partial charge in [0.1, 0.15) is 11.4 Å². The van der Waals surface area contributed by atoms with E-state index in [2.05, 4.69) is 20.3 Å². The lowest BCUT2D eigenvalue weighted by atomic mass is 10.1. The number of β-lactam (4-membered cyclic amide) rings is 1. The molecule has 148 valence electrons. The zero-order valence-electron chi connectivity index (χ0n) is 13.9. The van der Waals surface area contributed by atoms with Crippen LogP contribution in [-0.4, -0.2) is 66.9 Å². The van der Waals surface area contributed by atoms with E-state index in [-0.39, 0.29) is 34.6 Å². The molecule has 28 heavy (non-hydrogen) atoms. The van der Waals surface area contributed by atoms with Crippen molar-refractivity contribution in [1.82, 2.24) is 15.2 Å². The number of nitrogens with one attached hydrogen (secondary N) is 1. The molecule has 14 heteroatoms. The van der Waals surface area contributed by atoms with Crippen molar-refractivity contribution in [3.8, 4) is 0 Å². The van der Waals surface area contributed by atoms with Gasteiger partial charge < -0.3 is 26.1 Å². The van der Waals surface area contributed by atoms with E-state index in [1.807, 2.05) is 0 Å². The predicted molar refractivity (Wildman–Crippen MR) is 97.1 cm³/mol. The molecule has 1 aromatic heterocycles. The lowest BCUT2D eigenvalue weighted by Crippen LogP contribution is -2.56. The number of aliphatic carboxylic acids is 2. The van der Waals surface area contributed by atoms with Gasteiger partial charge in [-0.25, -0.2) is 14.6 Å². The van der Waals surface area contributed by atoms with Gasteiger partial charge in [0.05, 0.1) is 17.2 Å². The first-order chi connectivity index (χ1) is 13.3. The first kappa shape index (κ1) is 19.6. The highest BCUT2D eigenvalue weighted by Crippen LogP contribution is 2.39. The molecule has 1 unspecified atom stereocenters. The zero-order valence-corrected chi connectivity index (χ0v) is 15.5. The third-order valence-corrected chi connectivity index (χ3v) is 5.51. The van der Waals surface area contributed by atoms with Gasteiger partial charge in [-0.2, -0.15) is 0 Å². The molecule has 1 saturated heterocycles. The number of fused-ring (bicyclic) bond motifs is 1. The maximum Gasteiger partial charge on any atom is 0.352 e. The number of rotatable bonds is 7. The second-order valence-corrected chi connectivity index (χ2v) is 7.70. The normalized spacial score (nSPS) is 21.3. The van der Waals surface area contributed by atoms with E-state index in [9.17, 15) is 24.3 Å². The van der Waals surface area contributed by atoms with E-state index in [1.165, 1.54) is 23.2 Å². The van der Waals surface area contributed by atoms with Crippen LogP contribution in [0.5, 0.6) is 0 Å². The SMILES string of the molecule is Nc1nc(C(=NOCC(=O)O)C(=O)NC2C=C(C(=O)O)N3C(=O)C[C@H]3S2)cs1. The molecule has 1 fully saturated rings. The van der Waals surface area contributed by atoms with E-state index >= 15 is 0 Å². The average Bonchev–Trinajstić information content (AvgIpc) is 3.02. The molecular weight excluding hydrogens is 414 g/mol. The molecule has 3 rings (SSSR count). The number of nitrogens with two attached hydrogens (primary N) is 1. The monoisotopic (exact) mass is 427 g/mol. The summed E-state index contributed by atoms with van der Waals surface area (Å²) >= 11 is 2.23. The van der Waals surface area contributed by atoms with Crippen molar-refractivity contribution in [2.24, 2.45) is 5.16 Å². The standard InChI is InChI=1S/C14H13N5O7S2/c15-14-16-5(4-27-14)11(18-26-3-10(21)22)12(23)17-7-1-6(13(24)25)19-8(20)2-9(19)28-7/h1,4,7,9H,2-3H2,(H2,15,16)(H,17,23)(H,21,22)(H,24,25)/t7?,9-/m1/s1. The zero-order chi connectivity index (χ0) is 20.4. The van der Waals surface area contributed by atoms with Gasteiger partial charge in [-0.1, -0.05) is 5.16 Å².